The van der Waals surface area contributed by atoms with Gasteiger partial charge in [-0.25, -0.2) is 18.2 Å². The number of piperazine rings is 1. The van der Waals surface area contributed by atoms with Gasteiger partial charge in [0.25, 0.3) is 5.91 Å². The zero-order valence-electron chi connectivity index (χ0n) is 20.5. The summed E-state index contributed by atoms with van der Waals surface area (Å²) in [5, 5.41) is 9.55. The molecule has 2 aliphatic heterocycles. The number of nitrogens with one attached hydrogen (secondary N) is 1. The van der Waals surface area contributed by atoms with Crippen LogP contribution in [0.3, 0.4) is 0 Å². The minimum absolute atomic E-state index is 0.233. The first kappa shape index (κ1) is 25.6. The van der Waals surface area contributed by atoms with E-state index in [1.54, 1.807) is 35.4 Å². The maximum absolute atomic E-state index is 13.3. The summed E-state index contributed by atoms with van der Waals surface area (Å²) in [4.78, 5) is 34.1. The molecule has 1 aromatic carbocycles. The van der Waals surface area contributed by atoms with Crippen LogP contribution in [0, 0.1) is 0 Å². The predicted molar refractivity (Wildman–Crippen MR) is 141 cm³/mol. The minimum atomic E-state index is -3.31. The third-order valence-corrected chi connectivity index (χ3v) is 9.97. The van der Waals surface area contributed by atoms with E-state index >= 15 is 0 Å². The van der Waals surface area contributed by atoms with Crippen LogP contribution in [0.5, 0.6) is 0 Å². The molecule has 0 radical (unpaired) electrons. The topological polar surface area (TPSA) is 141 Å². The highest BCUT2D eigenvalue weighted by molar-refractivity contribution is 7.92. The van der Waals surface area contributed by atoms with Crippen molar-refractivity contribution in [1.82, 2.24) is 19.8 Å². The number of hydrazone groups is 1. The lowest BCUT2D eigenvalue weighted by Gasteiger charge is -2.33. The molecule has 13 heteroatoms. The fourth-order valence-corrected chi connectivity index (χ4v) is 7.00. The maximum atomic E-state index is 13.3. The van der Waals surface area contributed by atoms with Gasteiger partial charge in [0.2, 0.25) is 0 Å². The third-order valence-electron chi connectivity index (χ3n) is 6.80. The van der Waals surface area contributed by atoms with Gasteiger partial charge in [-0.05, 0) is 37.8 Å². The monoisotopic (exact) mass is 545 g/mol. The molecule has 3 N–H and O–H groups in total. The van der Waals surface area contributed by atoms with Crippen LogP contribution in [-0.4, -0.2) is 90.4 Å². The zero-order chi connectivity index (χ0) is 26.0. The molecule has 3 fully saturated rings. The van der Waals surface area contributed by atoms with Crippen molar-refractivity contribution in [3.63, 3.8) is 0 Å². The number of carbonyl (C=O) groups excluding carboxylic acids is 2. The van der Waals surface area contributed by atoms with Gasteiger partial charge in [-0.15, -0.1) is 11.3 Å². The Kier molecular flexibility index (Phi) is 7.45. The lowest BCUT2D eigenvalue weighted by molar-refractivity contribution is -0.110. The number of rotatable bonds is 8. The Morgan fingerprint density at radius 2 is 1.73 bits per heavy atom. The molecule has 1 aliphatic carbocycles. The molecule has 0 spiro atoms. The number of sulfone groups is 1. The van der Waals surface area contributed by atoms with E-state index in [2.05, 4.69) is 20.3 Å². The second-order valence-electron chi connectivity index (χ2n) is 9.57. The molecule has 3 amide bonds. The van der Waals surface area contributed by atoms with Crippen molar-refractivity contribution in [3.05, 3.63) is 40.9 Å². The Bertz CT molecular complexity index is 1270. The molecule has 0 bridgehead atoms. The molecular formula is C24H31N7O4S2. The first-order valence-electron chi connectivity index (χ1n) is 12.5. The Morgan fingerprint density at radius 1 is 1.05 bits per heavy atom. The van der Waals surface area contributed by atoms with Crippen LogP contribution in [0.1, 0.15) is 36.1 Å². The molecule has 0 atom stereocenters. The predicted octanol–water partition coefficient (Wildman–Crippen LogP) is 1.71. The van der Waals surface area contributed by atoms with E-state index < -0.39 is 15.9 Å². The fourth-order valence-electron chi connectivity index (χ4n) is 4.49. The number of primary amides is 1. The van der Waals surface area contributed by atoms with Gasteiger partial charge < -0.3 is 10.6 Å². The Morgan fingerprint density at radius 3 is 2.35 bits per heavy atom. The van der Waals surface area contributed by atoms with E-state index in [1.165, 1.54) is 11.3 Å². The summed E-state index contributed by atoms with van der Waals surface area (Å²) in [7, 11) is -3.31. The number of urea groups is 1. The smallest absolute Gasteiger partial charge is 0.314 e. The largest absolute Gasteiger partial charge is 0.351 e. The number of benzene rings is 1. The van der Waals surface area contributed by atoms with Crippen LogP contribution < -0.4 is 11.1 Å². The summed E-state index contributed by atoms with van der Waals surface area (Å²) < 4.78 is 25.1. The molecule has 1 saturated carbocycles. The number of nitrogens with zero attached hydrogens (tertiary/aromatic N) is 5. The van der Waals surface area contributed by atoms with E-state index in [9.17, 15) is 18.0 Å². The van der Waals surface area contributed by atoms with Crippen molar-refractivity contribution >= 4 is 44.0 Å². The van der Waals surface area contributed by atoms with Crippen LogP contribution in [0.25, 0.3) is 0 Å². The highest BCUT2D eigenvalue weighted by Crippen LogP contribution is 2.33. The molecular weight excluding hydrogens is 514 g/mol. The molecule has 37 heavy (non-hydrogen) atoms. The number of amides is 3. The summed E-state index contributed by atoms with van der Waals surface area (Å²) in [6.07, 6.45) is 5.18. The molecule has 5 rings (SSSR count). The number of aromatic nitrogens is 1. The maximum Gasteiger partial charge on any atom is 0.314 e. The lowest BCUT2D eigenvalue weighted by Crippen LogP contribution is -2.49. The first-order valence-corrected chi connectivity index (χ1v) is 14.9. The van der Waals surface area contributed by atoms with Crippen LogP contribution in [0.4, 0.5) is 9.93 Å². The number of hydrogen-bond acceptors (Lipinski definition) is 9. The standard InChI is InChI=1S/C24H31N7O4S2/c25-23(33)30-13-11-29(12-14-30)16-18-15-26-24(36-18)27-22(32)21(28-31-9-1-2-10-31)17-3-5-19(6-4-17)37(34,35)20-7-8-20/h3-6,15,20H,1-2,7-14,16H2,(H2,25,33)(H,26,27,32)/b28-21+. The van der Waals surface area contributed by atoms with Crippen LogP contribution in [-0.2, 0) is 21.2 Å². The number of carbonyl (C=O) groups is 2. The van der Waals surface area contributed by atoms with Crippen molar-refractivity contribution in [2.75, 3.05) is 44.6 Å². The van der Waals surface area contributed by atoms with Crippen molar-refractivity contribution in [3.8, 4) is 0 Å². The third kappa shape index (κ3) is 6.11. The first-order chi connectivity index (χ1) is 17.8. The van der Waals surface area contributed by atoms with Gasteiger partial charge in [-0.2, -0.15) is 5.10 Å². The summed E-state index contributed by atoms with van der Waals surface area (Å²) in [6.45, 7) is 4.85. The van der Waals surface area contributed by atoms with Crippen molar-refractivity contribution < 1.29 is 18.0 Å². The SMILES string of the molecule is NC(=O)N1CCN(Cc2cnc(NC(=O)/C(=N/N3CCCC3)c3ccc(S(=O)(=O)C4CC4)cc3)s2)CC1. The quantitative estimate of drug-likeness (QED) is 0.481. The van der Waals surface area contributed by atoms with E-state index in [-0.39, 0.29) is 21.8 Å². The Labute approximate surface area is 220 Å². The molecule has 198 valence electrons. The highest BCUT2D eigenvalue weighted by Gasteiger charge is 2.36. The van der Waals surface area contributed by atoms with Crippen molar-refractivity contribution in [2.24, 2.45) is 10.8 Å². The summed E-state index contributed by atoms with van der Waals surface area (Å²) in [6, 6.07) is 6.05. The van der Waals surface area contributed by atoms with Gasteiger partial charge in [0.1, 0.15) is 0 Å². The number of thiazole rings is 1. The van der Waals surface area contributed by atoms with Gasteiger partial charge in [-0.3, -0.25) is 20.0 Å². The number of nitrogens with two attached hydrogens (primary N) is 1. The van der Waals surface area contributed by atoms with Crippen molar-refractivity contribution in [1.29, 1.82) is 0 Å². The van der Waals surface area contributed by atoms with Gasteiger partial charge in [0, 0.05) is 62.5 Å². The van der Waals surface area contributed by atoms with E-state index in [1.807, 2.05) is 5.01 Å². The summed E-state index contributed by atoms with van der Waals surface area (Å²) >= 11 is 1.40. The van der Waals surface area contributed by atoms with E-state index in [4.69, 9.17) is 5.73 Å². The molecule has 1 aromatic heterocycles. The molecule has 2 aromatic rings. The van der Waals surface area contributed by atoms with Crippen LogP contribution in [0.2, 0.25) is 0 Å². The van der Waals surface area contributed by atoms with Gasteiger partial charge in [0.15, 0.2) is 20.7 Å². The molecule has 3 aliphatic rings. The van der Waals surface area contributed by atoms with Gasteiger partial charge >= 0.3 is 6.03 Å². The highest BCUT2D eigenvalue weighted by atomic mass is 32.2. The summed E-state index contributed by atoms with van der Waals surface area (Å²) in [5.41, 5.74) is 6.15. The van der Waals surface area contributed by atoms with Crippen LogP contribution >= 0.6 is 11.3 Å². The molecule has 2 saturated heterocycles. The zero-order valence-corrected chi connectivity index (χ0v) is 22.1. The average Bonchev–Trinajstić information content (AvgIpc) is 3.47. The average molecular weight is 546 g/mol. The van der Waals surface area contributed by atoms with Gasteiger partial charge in [0.05, 0.1) is 10.1 Å². The second-order valence-corrected chi connectivity index (χ2v) is 12.9. The second kappa shape index (κ2) is 10.8. The normalized spacial score (nSPS) is 19.3. The summed E-state index contributed by atoms with van der Waals surface area (Å²) in [5.74, 6) is -0.388. The van der Waals surface area contributed by atoms with Crippen LogP contribution in [0.15, 0.2) is 40.5 Å². The number of hydrogen-bond donors (Lipinski definition) is 2. The van der Waals surface area contributed by atoms with Crippen molar-refractivity contribution in [2.45, 2.75) is 42.4 Å². The molecule has 3 heterocycles. The molecule has 11 nitrogen and oxygen atoms in total. The number of anilines is 1. The lowest BCUT2D eigenvalue weighted by atomic mass is 10.1. The Hall–Kier alpha value is -3.03. The minimum Gasteiger partial charge on any atom is -0.351 e. The van der Waals surface area contributed by atoms with E-state index in [0.29, 0.717) is 43.2 Å². The van der Waals surface area contributed by atoms with E-state index in [0.717, 1.165) is 43.9 Å². The molecule has 0 unspecified atom stereocenters. The van der Waals surface area contributed by atoms with Gasteiger partial charge in [-0.1, -0.05) is 12.1 Å². The fraction of sp³-hybridized carbons (Fsp3) is 0.500. The Balaban J connectivity index is 1.27.